The van der Waals surface area contributed by atoms with Crippen LogP contribution in [-0.4, -0.2) is 21.3 Å². The predicted molar refractivity (Wildman–Crippen MR) is 86.8 cm³/mol. The molecule has 0 aliphatic rings. The minimum Gasteiger partial charge on any atom is -0.434 e. The van der Waals surface area contributed by atoms with E-state index in [1.54, 1.807) is 36.7 Å². The largest absolute Gasteiger partial charge is 0.434 e. The van der Waals surface area contributed by atoms with Gasteiger partial charge in [0.1, 0.15) is 5.75 Å². The van der Waals surface area contributed by atoms with Crippen molar-refractivity contribution in [3.05, 3.63) is 52.7 Å². The van der Waals surface area contributed by atoms with Crippen molar-refractivity contribution in [2.24, 2.45) is 4.99 Å². The molecule has 1 heterocycles. The SMILES string of the molecule is CSC(=Nc1ccc(Oc2ncccc2[N+](=O)[O-])cc1)NC#N. The molecule has 0 aliphatic heterocycles. The lowest BCUT2D eigenvalue weighted by molar-refractivity contribution is -0.386. The molecule has 0 bridgehead atoms. The fraction of sp³-hybridized carbons (Fsp3) is 0.0714. The standard InChI is InChI=1S/C14H11N5O3S/c1-23-14(17-9-15)18-10-4-6-11(7-5-10)22-13-12(19(20)21)3-2-8-16-13/h2-8H,1H3,(H,17,18). The Labute approximate surface area is 136 Å². The van der Waals surface area contributed by atoms with E-state index in [1.165, 1.54) is 30.1 Å². The number of pyridine rings is 1. The van der Waals surface area contributed by atoms with E-state index in [9.17, 15) is 10.1 Å². The number of nitrogens with one attached hydrogen (secondary N) is 1. The Morgan fingerprint density at radius 2 is 2.17 bits per heavy atom. The normalized spacial score (nSPS) is 10.7. The average molecular weight is 329 g/mol. The number of nitrogens with zero attached hydrogens (tertiary/aromatic N) is 4. The number of nitro groups is 1. The van der Waals surface area contributed by atoms with Crippen LogP contribution >= 0.6 is 11.8 Å². The molecule has 0 fully saturated rings. The zero-order chi connectivity index (χ0) is 16.7. The van der Waals surface area contributed by atoms with Crippen molar-refractivity contribution in [1.82, 2.24) is 10.3 Å². The van der Waals surface area contributed by atoms with Crippen molar-refractivity contribution in [3.63, 3.8) is 0 Å². The number of benzene rings is 1. The van der Waals surface area contributed by atoms with Crippen LogP contribution in [0.1, 0.15) is 0 Å². The van der Waals surface area contributed by atoms with Crippen LogP contribution in [0.5, 0.6) is 11.6 Å². The van der Waals surface area contributed by atoms with E-state index in [0.29, 0.717) is 16.6 Å². The Hall–Kier alpha value is -3.12. The number of aromatic nitrogens is 1. The molecule has 8 nitrogen and oxygen atoms in total. The molecule has 9 heteroatoms. The maximum absolute atomic E-state index is 10.9. The van der Waals surface area contributed by atoms with Gasteiger partial charge in [0.2, 0.25) is 0 Å². The Morgan fingerprint density at radius 1 is 1.43 bits per heavy atom. The van der Waals surface area contributed by atoms with Gasteiger partial charge in [0, 0.05) is 12.3 Å². The van der Waals surface area contributed by atoms with Crippen LogP contribution in [0.4, 0.5) is 11.4 Å². The smallest absolute Gasteiger partial charge is 0.331 e. The molecule has 0 unspecified atom stereocenters. The second-order valence-corrected chi connectivity index (χ2v) is 4.83. The maximum atomic E-state index is 10.9. The molecule has 116 valence electrons. The third-order valence-electron chi connectivity index (χ3n) is 2.59. The summed E-state index contributed by atoms with van der Waals surface area (Å²) in [4.78, 5) is 18.4. The van der Waals surface area contributed by atoms with Crippen molar-refractivity contribution in [3.8, 4) is 17.8 Å². The quantitative estimate of drug-likeness (QED) is 0.229. The summed E-state index contributed by atoms with van der Waals surface area (Å²) in [6.07, 6.45) is 5.01. The van der Waals surface area contributed by atoms with Crippen molar-refractivity contribution >= 4 is 28.3 Å². The first kappa shape index (κ1) is 16.3. The van der Waals surface area contributed by atoms with Gasteiger partial charge in [0.15, 0.2) is 11.4 Å². The Bertz CT molecular complexity index is 771. The second kappa shape index (κ2) is 7.77. The molecule has 2 aromatic rings. The molecule has 1 aromatic carbocycles. The Morgan fingerprint density at radius 3 is 2.78 bits per heavy atom. The van der Waals surface area contributed by atoms with Crippen LogP contribution in [-0.2, 0) is 0 Å². The highest BCUT2D eigenvalue weighted by molar-refractivity contribution is 8.13. The highest BCUT2D eigenvalue weighted by Gasteiger charge is 2.16. The highest BCUT2D eigenvalue weighted by Crippen LogP contribution is 2.29. The Kier molecular flexibility index (Phi) is 5.49. The predicted octanol–water partition coefficient (Wildman–Crippen LogP) is 3.20. The summed E-state index contributed by atoms with van der Waals surface area (Å²) in [7, 11) is 0. The Balaban J connectivity index is 2.18. The maximum Gasteiger partial charge on any atom is 0.331 e. The van der Waals surface area contributed by atoms with E-state index in [-0.39, 0.29) is 11.6 Å². The van der Waals surface area contributed by atoms with E-state index >= 15 is 0 Å². The van der Waals surface area contributed by atoms with E-state index in [1.807, 2.05) is 0 Å². The van der Waals surface area contributed by atoms with E-state index < -0.39 is 4.92 Å². The zero-order valence-electron chi connectivity index (χ0n) is 12.0. The van der Waals surface area contributed by atoms with Gasteiger partial charge in [0.25, 0.3) is 5.88 Å². The molecular formula is C14H11N5O3S. The first-order valence-corrected chi connectivity index (χ1v) is 7.51. The fourth-order valence-electron chi connectivity index (χ4n) is 1.59. The number of thioether (sulfide) groups is 1. The summed E-state index contributed by atoms with van der Waals surface area (Å²) in [6, 6.07) is 9.34. The van der Waals surface area contributed by atoms with Crippen molar-refractivity contribution < 1.29 is 9.66 Å². The van der Waals surface area contributed by atoms with Crippen LogP contribution in [0.2, 0.25) is 0 Å². The van der Waals surface area contributed by atoms with Crippen LogP contribution in [0.15, 0.2) is 47.6 Å². The van der Waals surface area contributed by atoms with Crippen LogP contribution < -0.4 is 10.1 Å². The highest BCUT2D eigenvalue weighted by atomic mass is 32.2. The van der Waals surface area contributed by atoms with Gasteiger partial charge in [0.05, 0.1) is 10.6 Å². The van der Waals surface area contributed by atoms with E-state index in [2.05, 4.69) is 15.3 Å². The van der Waals surface area contributed by atoms with Gasteiger partial charge >= 0.3 is 5.69 Å². The van der Waals surface area contributed by atoms with Gasteiger partial charge in [-0.3, -0.25) is 15.4 Å². The van der Waals surface area contributed by atoms with Gasteiger partial charge in [-0.25, -0.2) is 9.98 Å². The molecular weight excluding hydrogens is 318 g/mol. The summed E-state index contributed by atoms with van der Waals surface area (Å²) in [6.45, 7) is 0. The van der Waals surface area contributed by atoms with Gasteiger partial charge in [-0.2, -0.15) is 5.26 Å². The lowest BCUT2D eigenvalue weighted by atomic mass is 10.3. The zero-order valence-corrected chi connectivity index (χ0v) is 12.8. The van der Waals surface area contributed by atoms with Crippen LogP contribution in [0, 0.1) is 21.6 Å². The van der Waals surface area contributed by atoms with Crippen molar-refractivity contribution in [1.29, 1.82) is 5.26 Å². The lowest BCUT2D eigenvalue weighted by Crippen LogP contribution is -2.12. The molecule has 0 aliphatic carbocycles. The molecule has 1 aromatic heterocycles. The molecule has 0 radical (unpaired) electrons. The fourth-order valence-corrected chi connectivity index (χ4v) is 1.93. The lowest BCUT2D eigenvalue weighted by Gasteiger charge is -2.05. The molecule has 0 atom stereocenters. The second-order valence-electron chi connectivity index (χ2n) is 4.04. The molecule has 0 amide bonds. The number of amidine groups is 1. The van der Waals surface area contributed by atoms with Crippen LogP contribution in [0.25, 0.3) is 0 Å². The van der Waals surface area contributed by atoms with Gasteiger partial charge in [-0.1, -0.05) is 11.8 Å². The summed E-state index contributed by atoms with van der Waals surface area (Å²) >= 11 is 1.30. The molecule has 0 spiro atoms. The minimum absolute atomic E-state index is 0.0790. The number of hydrogen-bond donors (Lipinski definition) is 1. The molecule has 0 saturated carbocycles. The number of hydrogen-bond acceptors (Lipinski definition) is 7. The monoisotopic (exact) mass is 329 g/mol. The van der Waals surface area contributed by atoms with Crippen molar-refractivity contribution in [2.45, 2.75) is 0 Å². The average Bonchev–Trinajstić information content (AvgIpc) is 2.56. The third-order valence-corrected chi connectivity index (χ3v) is 3.17. The topological polar surface area (TPSA) is 113 Å². The first-order chi connectivity index (χ1) is 11.1. The van der Waals surface area contributed by atoms with Crippen molar-refractivity contribution in [2.75, 3.05) is 6.26 Å². The molecule has 23 heavy (non-hydrogen) atoms. The molecule has 2 rings (SSSR count). The summed E-state index contributed by atoms with van der Waals surface area (Å²) in [5.41, 5.74) is 0.400. The van der Waals surface area contributed by atoms with Gasteiger partial charge in [-0.05, 0) is 36.6 Å². The third kappa shape index (κ3) is 4.42. The van der Waals surface area contributed by atoms with Gasteiger partial charge in [-0.15, -0.1) is 0 Å². The number of aliphatic imine (C=N–C) groups is 1. The van der Waals surface area contributed by atoms with E-state index in [4.69, 9.17) is 10.00 Å². The molecule has 1 N–H and O–H groups in total. The number of nitriles is 1. The number of rotatable bonds is 4. The molecule has 0 saturated heterocycles. The minimum atomic E-state index is -0.556. The summed E-state index contributed by atoms with van der Waals surface area (Å²) in [5.74, 6) is 0.314. The summed E-state index contributed by atoms with van der Waals surface area (Å²) in [5, 5.41) is 22.4. The number of ether oxygens (including phenoxy) is 1. The van der Waals surface area contributed by atoms with Gasteiger partial charge < -0.3 is 4.74 Å². The summed E-state index contributed by atoms with van der Waals surface area (Å²) < 4.78 is 5.43. The van der Waals surface area contributed by atoms with Crippen LogP contribution in [0.3, 0.4) is 0 Å². The van der Waals surface area contributed by atoms with E-state index in [0.717, 1.165) is 0 Å². The first-order valence-electron chi connectivity index (χ1n) is 6.29.